The largest absolute Gasteiger partial charge is 0.493 e. The van der Waals surface area contributed by atoms with Gasteiger partial charge in [0.15, 0.2) is 11.5 Å². The van der Waals surface area contributed by atoms with Gasteiger partial charge in [-0.3, -0.25) is 0 Å². The van der Waals surface area contributed by atoms with Crippen molar-refractivity contribution in [3.63, 3.8) is 0 Å². The second-order valence-electron chi connectivity index (χ2n) is 5.08. The van der Waals surface area contributed by atoms with E-state index in [0.29, 0.717) is 11.5 Å². The van der Waals surface area contributed by atoms with Crippen LogP contribution in [-0.2, 0) is 6.42 Å². The van der Waals surface area contributed by atoms with Crippen molar-refractivity contribution in [2.24, 2.45) is 0 Å². The molecule has 2 aromatic rings. The third-order valence-corrected chi connectivity index (χ3v) is 3.46. The molecule has 0 aliphatic carbocycles. The monoisotopic (exact) mass is 286 g/mol. The summed E-state index contributed by atoms with van der Waals surface area (Å²) in [6.45, 7) is 4.30. The highest BCUT2D eigenvalue weighted by atomic mass is 16.5. The lowest BCUT2D eigenvalue weighted by molar-refractivity contribution is 0.106. The smallest absolute Gasteiger partial charge is 0.161 e. The standard InChI is InChI=1S/C18H22O3/c1-4-14-8-9-17(18(11-14)20-3)21-12-16(19)15-7-5-6-13(2)10-15/h5-11,16,19H,4,12H2,1-3H3. The molecule has 2 aromatic carbocycles. The average Bonchev–Trinajstić information content (AvgIpc) is 2.52. The second-order valence-corrected chi connectivity index (χ2v) is 5.08. The Hall–Kier alpha value is -2.00. The van der Waals surface area contributed by atoms with Crippen LogP contribution in [0.3, 0.4) is 0 Å². The third-order valence-electron chi connectivity index (χ3n) is 3.46. The van der Waals surface area contributed by atoms with E-state index < -0.39 is 6.10 Å². The number of hydrogen-bond donors (Lipinski definition) is 1. The number of aryl methyl sites for hydroxylation is 2. The number of aliphatic hydroxyl groups is 1. The van der Waals surface area contributed by atoms with Gasteiger partial charge in [-0.1, -0.05) is 42.8 Å². The van der Waals surface area contributed by atoms with Crippen molar-refractivity contribution in [1.29, 1.82) is 0 Å². The Kier molecular flexibility index (Phi) is 5.23. The van der Waals surface area contributed by atoms with E-state index in [2.05, 4.69) is 6.92 Å². The maximum atomic E-state index is 10.2. The fourth-order valence-electron chi connectivity index (χ4n) is 2.19. The molecule has 0 heterocycles. The van der Waals surface area contributed by atoms with Crippen molar-refractivity contribution in [2.45, 2.75) is 26.4 Å². The van der Waals surface area contributed by atoms with Gasteiger partial charge in [0.1, 0.15) is 12.7 Å². The van der Waals surface area contributed by atoms with Crippen LogP contribution >= 0.6 is 0 Å². The molecule has 0 bridgehead atoms. The number of ether oxygens (including phenoxy) is 2. The first kappa shape index (κ1) is 15.4. The Bertz CT molecular complexity index is 593. The summed E-state index contributed by atoms with van der Waals surface area (Å²) in [5, 5.41) is 10.2. The Morgan fingerprint density at radius 2 is 1.90 bits per heavy atom. The molecule has 0 radical (unpaired) electrons. The molecule has 3 heteroatoms. The van der Waals surface area contributed by atoms with Crippen LogP contribution in [0, 0.1) is 6.92 Å². The Labute approximate surface area is 126 Å². The van der Waals surface area contributed by atoms with Crippen molar-refractivity contribution in [3.8, 4) is 11.5 Å². The molecule has 1 unspecified atom stereocenters. The zero-order valence-corrected chi connectivity index (χ0v) is 12.8. The van der Waals surface area contributed by atoms with Crippen molar-refractivity contribution in [1.82, 2.24) is 0 Å². The minimum atomic E-state index is -0.652. The zero-order valence-electron chi connectivity index (χ0n) is 12.8. The minimum absolute atomic E-state index is 0.200. The molecule has 112 valence electrons. The Morgan fingerprint density at radius 1 is 1.10 bits per heavy atom. The molecule has 1 atom stereocenters. The molecule has 21 heavy (non-hydrogen) atoms. The van der Waals surface area contributed by atoms with Crippen molar-refractivity contribution < 1.29 is 14.6 Å². The van der Waals surface area contributed by atoms with Crippen LogP contribution in [0.1, 0.15) is 29.7 Å². The molecule has 0 saturated heterocycles. The molecule has 0 aromatic heterocycles. The van der Waals surface area contributed by atoms with Gasteiger partial charge >= 0.3 is 0 Å². The molecule has 0 amide bonds. The van der Waals surface area contributed by atoms with Gasteiger partial charge in [-0.2, -0.15) is 0 Å². The summed E-state index contributed by atoms with van der Waals surface area (Å²) in [6.07, 6.45) is 0.295. The van der Waals surface area contributed by atoms with Gasteiger partial charge in [0.2, 0.25) is 0 Å². The van der Waals surface area contributed by atoms with Crippen LogP contribution < -0.4 is 9.47 Å². The van der Waals surface area contributed by atoms with Gasteiger partial charge in [-0.05, 0) is 36.6 Å². The first-order valence-electron chi connectivity index (χ1n) is 7.18. The van der Waals surface area contributed by atoms with E-state index in [1.54, 1.807) is 7.11 Å². The highest BCUT2D eigenvalue weighted by Gasteiger charge is 2.11. The van der Waals surface area contributed by atoms with E-state index in [-0.39, 0.29) is 6.61 Å². The predicted molar refractivity (Wildman–Crippen MR) is 84.0 cm³/mol. The van der Waals surface area contributed by atoms with E-state index >= 15 is 0 Å². The second kappa shape index (κ2) is 7.14. The number of methoxy groups -OCH3 is 1. The first-order chi connectivity index (χ1) is 10.1. The molecule has 0 aliphatic rings. The summed E-state index contributed by atoms with van der Waals surface area (Å²) in [4.78, 5) is 0. The summed E-state index contributed by atoms with van der Waals surface area (Å²) in [6, 6.07) is 13.7. The number of hydrogen-bond acceptors (Lipinski definition) is 3. The van der Waals surface area contributed by atoms with E-state index in [9.17, 15) is 5.11 Å². The minimum Gasteiger partial charge on any atom is -0.493 e. The highest BCUT2D eigenvalue weighted by molar-refractivity contribution is 5.43. The summed E-state index contributed by atoms with van der Waals surface area (Å²) in [5.74, 6) is 1.35. The maximum Gasteiger partial charge on any atom is 0.161 e. The topological polar surface area (TPSA) is 38.7 Å². The number of rotatable bonds is 6. The van der Waals surface area contributed by atoms with Gasteiger partial charge in [0.05, 0.1) is 7.11 Å². The fraction of sp³-hybridized carbons (Fsp3) is 0.333. The van der Waals surface area contributed by atoms with Gasteiger partial charge in [0, 0.05) is 0 Å². The summed E-state index contributed by atoms with van der Waals surface area (Å²) < 4.78 is 11.0. The SMILES string of the molecule is CCc1ccc(OCC(O)c2cccc(C)c2)c(OC)c1. The van der Waals surface area contributed by atoms with E-state index in [0.717, 1.165) is 17.5 Å². The summed E-state index contributed by atoms with van der Waals surface area (Å²) >= 11 is 0. The lowest BCUT2D eigenvalue weighted by atomic mass is 10.1. The van der Waals surface area contributed by atoms with Crippen molar-refractivity contribution in [2.75, 3.05) is 13.7 Å². The van der Waals surface area contributed by atoms with Crippen LogP contribution in [0.2, 0.25) is 0 Å². The van der Waals surface area contributed by atoms with Gasteiger partial charge in [-0.25, -0.2) is 0 Å². The Balaban J connectivity index is 2.05. The van der Waals surface area contributed by atoms with E-state index in [1.165, 1.54) is 5.56 Å². The molecule has 0 saturated carbocycles. The summed E-state index contributed by atoms with van der Waals surface area (Å²) in [5.41, 5.74) is 3.18. The Morgan fingerprint density at radius 3 is 2.57 bits per heavy atom. The van der Waals surface area contributed by atoms with Crippen LogP contribution in [0.15, 0.2) is 42.5 Å². The number of aliphatic hydroxyl groups excluding tert-OH is 1. The molecular weight excluding hydrogens is 264 g/mol. The first-order valence-corrected chi connectivity index (χ1v) is 7.18. The lowest BCUT2D eigenvalue weighted by Gasteiger charge is -2.15. The lowest BCUT2D eigenvalue weighted by Crippen LogP contribution is -2.10. The van der Waals surface area contributed by atoms with Gasteiger partial charge in [-0.15, -0.1) is 0 Å². The molecule has 3 nitrogen and oxygen atoms in total. The van der Waals surface area contributed by atoms with Crippen molar-refractivity contribution in [3.05, 3.63) is 59.2 Å². The quantitative estimate of drug-likeness (QED) is 0.880. The predicted octanol–water partition coefficient (Wildman–Crippen LogP) is 3.68. The van der Waals surface area contributed by atoms with Gasteiger partial charge < -0.3 is 14.6 Å². The maximum absolute atomic E-state index is 10.2. The molecule has 2 rings (SSSR count). The third kappa shape index (κ3) is 3.99. The average molecular weight is 286 g/mol. The highest BCUT2D eigenvalue weighted by Crippen LogP contribution is 2.29. The van der Waals surface area contributed by atoms with Crippen LogP contribution in [0.4, 0.5) is 0 Å². The zero-order chi connectivity index (χ0) is 15.2. The van der Waals surface area contributed by atoms with E-state index in [4.69, 9.17) is 9.47 Å². The normalized spacial score (nSPS) is 12.0. The van der Waals surface area contributed by atoms with E-state index in [1.807, 2.05) is 49.4 Å². The van der Waals surface area contributed by atoms with Crippen LogP contribution in [-0.4, -0.2) is 18.8 Å². The molecule has 0 aliphatic heterocycles. The molecule has 1 N–H and O–H groups in total. The molecule has 0 fully saturated rings. The molecule has 0 spiro atoms. The van der Waals surface area contributed by atoms with Crippen LogP contribution in [0.5, 0.6) is 11.5 Å². The summed E-state index contributed by atoms with van der Waals surface area (Å²) in [7, 11) is 1.62. The van der Waals surface area contributed by atoms with Crippen molar-refractivity contribution >= 4 is 0 Å². The molecular formula is C18H22O3. The van der Waals surface area contributed by atoms with Gasteiger partial charge in [0.25, 0.3) is 0 Å². The number of benzene rings is 2. The van der Waals surface area contributed by atoms with Crippen LogP contribution in [0.25, 0.3) is 0 Å². The fourth-order valence-corrected chi connectivity index (χ4v) is 2.19.